The summed E-state index contributed by atoms with van der Waals surface area (Å²) < 4.78 is 5.33. The number of hydrogen-bond acceptors (Lipinski definition) is 2. The highest BCUT2D eigenvalue weighted by atomic mass is 35.5. The first-order chi connectivity index (χ1) is 13.7. The number of rotatable bonds is 6. The monoisotopic (exact) mass is 409 g/mol. The highest BCUT2D eigenvalue weighted by Gasteiger charge is 2.20. The number of nitrogens with one attached hydrogen (secondary N) is 3. The molecule has 2 aromatic carbocycles. The van der Waals surface area contributed by atoms with Gasteiger partial charge >= 0.3 is 0 Å². The minimum atomic E-state index is 0.0493. The molecule has 4 nitrogen and oxygen atoms in total. The molecule has 0 amide bonds. The molecular formula is C22H20ClN3OS. The van der Waals surface area contributed by atoms with Crippen LogP contribution in [0.2, 0.25) is 5.02 Å². The maximum absolute atomic E-state index is 6.53. The lowest BCUT2D eigenvalue weighted by molar-refractivity contribution is 0.502. The van der Waals surface area contributed by atoms with Crippen LogP contribution < -0.4 is 10.6 Å². The number of aromatic amines is 1. The Morgan fingerprint density at radius 1 is 1.00 bits per heavy atom. The van der Waals surface area contributed by atoms with E-state index in [9.17, 15) is 0 Å². The van der Waals surface area contributed by atoms with Crippen LogP contribution in [0.3, 0.4) is 0 Å². The molecular weight excluding hydrogens is 390 g/mol. The van der Waals surface area contributed by atoms with E-state index in [1.54, 1.807) is 6.26 Å². The van der Waals surface area contributed by atoms with Crippen LogP contribution >= 0.6 is 23.8 Å². The van der Waals surface area contributed by atoms with Crippen molar-refractivity contribution in [3.63, 3.8) is 0 Å². The minimum Gasteiger partial charge on any atom is -0.467 e. The first-order valence-corrected chi connectivity index (χ1v) is 9.85. The molecule has 28 heavy (non-hydrogen) atoms. The first-order valence-electron chi connectivity index (χ1n) is 9.07. The molecule has 0 aliphatic carbocycles. The molecule has 2 aromatic heterocycles. The predicted molar refractivity (Wildman–Crippen MR) is 118 cm³/mol. The second kappa shape index (κ2) is 8.50. The van der Waals surface area contributed by atoms with Gasteiger partial charge in [-0.1, -0.05) is 48.0 Å². The van der Waals surface area contributed by atoms with Crippen LogP contribution in [0.5, 0.6) is 0 Å². The average molecular weight is 410 g/mol. The van der Waals surface area contributed by atoms with E-state index < -0.39 is 0 Å². The van der Waals surface area contributed by atoms with Gasteiger partial charge in [-0.2, -0.15) is 0 Å². The van der Waals surface area contributed by atoms with Gasteiger partial charge in [0.15, 0.2) is 5.11 Å². The number of thiocarbonyl (C=S) groups is 1. The molecule has 0 spiro atoms. The number of fused-ring (bicyclic) bond motifs is 1. The van der Waals surface area contributed by atoms with Crippen LogP contribution in [-0.4, -0.2) is 16.6 Å². The Morgan fingerprint density at radius 2 is 1.82 bits per heavy atom. The second-order valence-electron chi connectivity index (χ2n) is 6.51. The number of halogens is 1. The van der Waals surface area contributed by atoms with Gasteiger partial charge in [0.05, 0.1) is 12.8 Å². The van der Waals surface area contributed by atoms with Crippen molar-refractivity contribution < 1.29 is 4.42 Å². The topological polar surface area (TPSA) is 53.0 Å². The van der Waals surface area contributed by atoms with Crippen molar-refractivity contribution in [1.82, 2.24) is 15.6 Å². The number of furan rings is 1. The fourth-order valence-corrected chi connectivity index (χ4v) is 3.79. The molecule has 4 aromatic rings. The van der Waals surface area contributed by atoms with Gasteiger partial charge in [0.1, 0.15) is 5.76 Å². The van der Waals surface area contributed by atoms with E-state index in [2.05, 4.69) is 40.0 Å². The Morgan fingerprint density at radius 3 is 2.64 bits per heavy atom. The van der Waals surface area contributed by atoms with E-state index in [-0.39, 0.29) is 5.92 Å². The van der Waals surface area contributed by atoms with E-state index >= 15 is 0 Å². The Bertz CT molecular complexity index is 1070. The van der Waals surface area contributed by atoms with Gasteiger partial charge in [-0.05, 0) is 47.6 Å². The van der Waals surface area contributed by atoms with Gasteiger partial charge < -0.3 is 20.0 Å². The summed E-state index contributed by atoms with van der Waals surface area (Å²) in [4.78, 5) is 3.36. The van der Waals surface area contributed by atoms with Gasteiger partial charge in [-0.3, -0.25) is 0 Å². The Kier molecular flexibility index (Phi) is 5.65. The Hall–Kier alpha value is -2.76. The largest absolute Gasteiger partial charge is 0.467 e. The standard InChI is InChI=1S/C22H20ClN3OS/c23-20-9-3-1-7-16(20)18(19-13-24-21-10-4-2-8-17(19)21)14-26-22(28)25-12-15-6-5-11-27-15/h1-11,13,18,24H,12,14H2,(H2,25,26,28). The van der Waals surface area contributed by atoms with Crippen molar-refractivity contribution in [3.05, 3.63) is 95.0 Å². The lowest BCUT2D eigenvalue weighted by atomic mass is 9.91. The third-order valence-corrected chi connectivity index (χ3v) is 5.38. The quantitative estimate of drug-likeness (QED) is 0.382. The maximum Gasteiger partial charge on any atom is 0.166 e. The number of benzene rings is 2. The number of para-hydroxylation sites is 1. The van der Waals surface area contributed by atoms with Crippen molar-refractivity contribution in [2.45, 2.75) is 12.5 Å². The Labute approximate surface area is 173 Å². The smallest absolute Gasteiger partial charge is 0.166 e. The normalized spacial score (nSPS) is 12.0. The molecule has 0 aliphatic heterocycles. The molecule has 0 saturated heterocycles. The summed E-state index contributed by atoms with van der Waals surface area (Å²) in [5, 5.41) is 9.01. The lowest BCUT2D eigenvalue weighted by Crippen LogP contribution is -2.37. The molecule has 142 valence electrons. The second-order valence-corrected chi connectivity index (χ2v) is 7.32. The third kappa shape index (κ3) is 4.06. The van der Waals surface area contributed by atoms with Crippen LogP contribution in [0, 0.1) is 0 Å². The molecule has 0 radical (unpaired) electrons. The van der Waals surface area contributed by atoms with Gasteiger partial charge in [0, 0.05) is 34.6 Å². The van der Waals surface area contributed by atoms with Crippen LogP contribution in [-0.2, 0) is 6.54 Å². The van der Waals surface area contributed by atoms with Crippen LogP contribution in [0.25, 0.3) is 10.9 Å². The molecule has 0 bridgehead atoms. The van der Waals surface area contributed by atoms with E-state index in [4.69, 9.17) is 28.2 Å². The van der Waals surface area contributed by atoms with E-state index in [0.717, 1.165) is 21.9 Å². The molecule has 1 atom stereocenters. The number of hydrogen-bond donors (Lipinski definition) is 3. The molecule has 1 unspecified atom stereocenters. The summed E-state index contributed by atoms with van der Waals surface area (Å²) in [5.74, 6) is 0.886. The minimum absolute atomic E-state index is 0.0493. The summed E-state index contributed by atoms with van der Waals surface area (Å²) in [6, 6.07) is 20.0. The first kappa shape index (κ1) is 18.6. The zero-order valence-electron chi connectivity index (χ0n) is 15.1. The van der Waals surface area contributed by atoms with Gasteiger partial charge in [0.25, 0.3) is 0 Å². The zero-order chi connectivity index (χ0) is 19.3. The molecule has 2 heterocycles. The summed E-state index contributed by atoms with van der Waals surface area (Å²) >= 11 is 12.0. The SMILES string of the molecule is S=C(NCc1ccco1)NCC(c1ccccc1Cl)c1c[nH]c2ccccc12. The van der Waals surface area contributed by atoms with Gasteiger partial charge in [-0.15, -0.1) is 0 Å². The molecule has 3 N–H and O–H groups in total. The predicted octanol–water partition coefficient (Wildman–Crippen LogP) is 5.21. The fourth-order valence-electron chi connectivity index (χ4n) is 3.37. The molecule has 6 heteroatoms. The highest BCUT2D eigenvalue weighted by Crippen LogP contribution is 2.34. The van der Waals surface area contributed by atoms with E-state index in [0.29, 0.717) is 18.2 Å². The summed E-state index contributed by atoms with van der Waals surface area (Å²) in [6.45, 7) is 1.16. The van der Waals surface area contributed by atoms with E-state index in [1.165, 1.54) is 10.9 Å². The number of H-pyrrole nitrogens is 1. The third-order valence-electron chi connectivity index (χ3n) is 4.75. The maximum atomic E-state index is 6.53. The van der Waals surface area contributed by atoms with Crippen LogP contribution in [0.4, 0.5) is 0 Å². The Balaban J connectivity index is 1.55. The van der Waals surface area contributed by atoms with Crippen LogP contribution in [0.15, 0.2) is 77.5 Å². The molecule has 0 fully saturated rings. The van der Waals surface area contributed by atoms with Crippen molar-refractivity contribution in [1.29, 1.82) is 0 Å². The number of aromatic nitrogens is 1. The van der Waals surface area contributed by atoms with Crippen molar-refractivity contribution in [2.24, 2.45) is 0 Å². The van der Waals surface area contributed by atoms with Gasteiger partial charge in [-0.25, -0.2) is 0 Å². The van der Waals surface area contributed by atoms with Crippen molar-refractivity contribution >= 4 is 39.8 Å². The van der Waals surface area contributed by atoms with Crippen molar-refractivity contribution in [3.8, 4) is 0 Å². The molecule has 0 saturated carbocycles. The highest BCUT2D eigenvalue weighted by molar-refractivity contribution is 7.80. The fraction of sp³-hybridized carbons (Fsp3) is 0.136. The molecule has 0 aliphatic rings. The van der Waals surface area contributed by atoms with Crippen LogP contribution in [0.1, 0.15) is 22.8 Å². The summed E-state index contributed by atoms with van der Waals surface area (Å²) in [5.41, 5.74) is 3.35. The lowest BCUT2D eigenvalue weighted by Gasteiger charge is -2.20. The van der Waals surface area contributed by atoms with E-state index in [1.807, 2.05) is 42.5 Å². The van der Waals surface area contributed by atoms with Crippen molar-refractivity contribution in [2.75, 3.05) is 6.54 Å². The zero-order valence-corrected chi connectivity index (χ0v) is 16.7. The molecule has 4 rings (SSSR count). The summed E-state index contributed by atoms with van der Waals surface area (Å²) in [6.07, 6.45) is 3.71. The summed E-state index contributed by atoms with van der Waals surface area (Å²) in [7, 11) is 0. The van der Waals surface area contributed by atoms with Gasteiger partial charge in [0.2, 0.25) is 0 Å². The average Bonchev–Trinajstić information content (AvgIpc) is 3.38.